The van der Waals surface area contributed by atoms with Gasteiger partial charge in [-0.1, -0.05) is 6.92 Å². The molecule has 1 amide bonds. The van der Waals surface area contributed by atoms with Crippen molar-refractivity contribution in [2.24, 2.45) is 0 Å². The summed E-state index contributed by atoms with van der Waals surface area (Å²) in [5.74, 6) is 0.0943. The lowest BCUT2D eigenvalue weighted by molar-refractivity contribution is 0.0657. The molecule has 2 aromatic heterocycles. The monoisotopic (exact) mass is 272 g/mol. The van der Waals surface area contributed by atoms with Gasteiger partial charge >= 0.3 is 0 Å². The quantitative estimate of drug-likeness (QED) is 0.840. The van der Waals surface area contributed by atoms with E-state index in [4.69, 9.17) is 0 Å². The van der Waals surface area contributed by atoms with E-state index >= 15 is 0 Å². The molecule has 0 saturated heterocycles. The number of fused-ring (bicyclic) bond motifs is 1. The number of nitrogens with zero attached hydrogens (tertiary/aromatic N) is 2. The minimum absolute atomic E-state index is 0.0943. The van der Waals surface area contributed by atoms with Gasteiger partial charge in [-0.2, -0.15) is 0 Å². The Morgan fingerprint density at radius 3 is 3.16 bits per heavy atom. The number of rotatable bonds is 2. The predicted molar refractivity (Wildman–Crippen MR) is 76.3 cm³/mol. The second kappa shape index (κ2) is 5.13. The van der Waals surface area contributed by atoms with Crippen molar-refractivity contribution in [2.45, 2.75) is 25.8 Å². The maximum Gasteiger partial charge on any atom is 0.255 e. The lowest BCUT2D eigenvalue weighted by Gasteiger charge is -2.35. The summed E-state index contributed by atoms with van der Waals surface area (Å²) in [6.45, 7) is 2.95. The Morgan fingerprint density at radius 1 is 1.53 bits per heavy atom. The lowest BCUT2D eigenvalue weighted by atomic mass is 9.97. The molecule has 0 bridgehead atoms. The Labute approximate surface area is 116 Å². The Balaban J connectivity index is 1.92. The van der Waals surface area contributed by atoms with Gasteiger partial charge in [0, 0.05) is 23.8 Å². The molecule has 0 aliphatic carbocycles. The molecule has 2 aromatic rings. The van der Waals surface area contributed by atoms with Crippen molar-refractivity contribution in [2.75, 3.05) is 6.54 Å². The van der Waals surface area contributed by atoms with Gasteiger partial charge in [-0.3, -0.25) is 9.78 Å². The number of hydrogen-bond acceptors (Lipinski definition) is 3. The van der Waals surface area contributed by atoms with Crippen LogP contribution in [0.1, 0.15) is 40.2 Å². The average molecular weight is 272 g/mol. The first-order chi connectivity index (χ1) is 9.31. The summed E-state index contributed by atoms with van der Waals surface area (Å²) < 4.78 is 0. The molecule has 1 unspecified atom stereocenters. The Kier molecular flexibility index (Phi) is 3.34. The van der Waals surface area contributed by atoms with E-state index < -0.39 is 0 Å². The number of carbonyl (C=O) groups is 1. The largest absolute Gasteiger partial charge is 0.331 e. The highest BCUT2D eigenvalue weighted by molar-refractivity contribution is 7.10. The van der Waals surface area contributed by atoms with E-state index in [-0.39, 0.29) is 11.9 Å². The van der Waals surface area contributed by atoms with E-state index in [2.05, 4.69) is 23.4 Å². The van der Waals surface area contributed by atoms with E-state index in [9.17, 15) is 4.79 Å². The van der Waals surface area contributed by atoms with Crippen LogP contribution in [0.3, 0.4) is 0 Å². The molecule has 1 aliphatic rings. The van der Waals surface area contributed by atoms with Crippen LogP contribution in [0.4, 0.5) is 0 Å². The summed E-state index contributed by atoms with van der Waals surface area (Å²) in [6.07, 6.45) is 5.27. The number of thiophene rings is 1. The number of pyridine rings is 1. The van der Waals surface area contributed by atoms with Gasteiger partial charge < -0.3 is 4.90 Å². The molecule has 1 aliphatic heterocycles. The standard InChI is InChI=1S/C15H16N2OS/c1-2-13-12-6-9-19-14(12)5-8-17(13)15(18)11-4-3-7-16-10-11/h3-4,6-7,9-10,13H,2,5,8H2,1H3. The second-order valence-electron chi connectivity index (χ2n) is 4.71. The maximum absolute atomic E-state index is 12.6. The lowest BCUT2D eigenvalue weighted by Crippen LogP contribution is -2.39. The van der Waals surface area contributed by atoms with Crippen molar-refractivity contribution in [1.82, 2.24) is 9.88 Å². The fourth-order valence-electron chi connectivity index (χ4n) is 2.73. The molecule has 3 rings (SSSR count). The summed E-state index contributed by atoms with van der Waals surface area (Å²) in [6, 6.07) is 6.03. The molecular weight excluding hydrogens is 256 g/mol. The smallest absolute Gasteiger partial charge is 0.255 e. The number of amides is 1. The minimum Gasteiger partial charge on any atom is -0.331 e. The molecule has 0 radical (unpaired) electrons. The van der Waals surface area contributed by atoms with Gasteiger partial charge in [0.1, 0.15) is 0 Å². The highest BCUT2D eigenvalue weighted by Crippen LogP contribution is 2.35. The van der Waals surface area contributed by atoms with E-state index in [0.717, 1.165) is 19.4 Å². The van der Waals surface area contributed by atoms with Crippen LogP contribution in [-0.4, -0.2) is 22.3 Å². The third-order valence-corrected chi connectivity index (χ3v) is 4.65. The molecule has 0 aromatic carbocycles. The molecule has 0 saturated carbocycles. The van der Waals surface area contributed by atoms with Crippen molar-refractivity contribution in [3.05, 3.63) is 52.0 Å². The molecule has 3 nitrogen and oxygen atoms in total. The molecule has 0 fully saturated rings. The molecule has 4 heteroatoms. The van der Waals surface area contributed by atoms with Gasteiger partial charge in [0.2, 0.25) is 0 Å². The van der Waals surface area contributed by atoms with Crippen LogP contribution in [-0.2, 0) is 6.42 Å². The molecule has 1 atom stereocenters. The molecule has 0 spiro atoms. The molecule has 3 heterocycles. The fourth-order valence-corrected chi connectivity index (χ4v) is 3.66. The highest BCUT2D eigenvalue weighted by Gasteiger charge is 2.30. The Morgan fingerprint density at radius 2 is 2.42 bits per heavy atom. The second-order valence-corrected chi connectivity index (χ2v) is 5.71. The summed E-state index contributed by atoms with van der Waals surface area (Å²) in [4.78, 5) is 20.1. The van der Waals surface area contributed by atoms with Gasteiger partial charge in [-0.25, -0.2) is 0 Å². The fraction of sp³-hybridized carbons (Fsp3) is 0.333. The van der Waals surface area contributed by atoms with E-state index in [1.807, 2.05) is 17.0 Å². The van der Waals surface area contributed by atoms with Gasteiger partial charge in [0.15, 0.2) is 0 Å². The number of aromatic nitrogens is 1. The van der Waals surface area contributed by atoms with Gasteiger partial charge in [0.25, 0.3) is 5.91 Å². The average Bonchev–Trinajstić information content (AvgIpc) is 2.94. The summed E-state index contributed by atoms with van der Waals surface area (Å²) in [7, 11) is 0. The summed E-state index contributed by atoms with van der Waals surface area (Å²) >= 11 is 1.80. The number of carbonyl (C=O) groups excluding carboxylic acids is 1. The predicted octanol–water partition coefficient (Wildman–Crippen LogP) is 3.29. The van der Waals surface area contributed by atoms with Crippen LogP contribution in [0.25, 0.3) is 0 Å². The summed E-state index contributed by atoms with van der Waals surface area (Å²) in [5.41, 5.74) is 2.01. The Hall–Kier alpha value is -1.68. The van der Waals surface area contributed by atoms with Crippen LogP contribution >= 0.6 is 11.3 Å². The maximum atomic E-state index is 12.6. The van der Waals surface area contributed by atoms with Crippen molar-refractivity contribution in [1.29, 1.82) is 0 Å². The van der Waals surface area contributed by atoms with Gasteiger partial charge in [0.05, 0.1) is 11.6 Å². The highest BCUT2D eigenvalue weighted by atomic mass is 32.1. The third kappa shape index (κ3) is 2.16. The molecule has 0 N–H and O–H groups in total. The van der Waals surface area contributed by atoms with Gasteiger partial charge in [-0.05, 0) is 42.0 Å². The van der Waals surface area contributed by atoms with Crippen LogP contribution in [0.2, 0.25) is 0 Å². The third-order valence-electron chi connectivity index (χ3n) is 3.65. The first-order valence-corrected chi connectivity index (χ1v) is 7.46. The molecule has 19 heavy (non-hydrogen) atoms. The zero-order valence-electron chi connectivity index (χ0n) is 10.9. The Bertz CT molecular complexity index is 579. The van der Waals surface area contributed by atoms with Crippen LogP contribution in [0, 0.1) is 0 Å². The van der Waals surface area contributed by atoms with Crippen molar-refractivity contribution in [3.63, 3.8) is 0 Å². The zero-order valence-corrected chi connectivity index (χ0v) is 11.7. The van der Waals surface area contributed by atoms with E-state index in [0.29, 0.717) is 5.56 Å². The summed E-state index contributed by atoms with van der Waals surface area (Å²) in [5, 5.41) is 2.13. The van der Waals surface area contributed by atoms with Crippen molar-refractivity contribution < 1.29 is 4.79 Å². The van der Waals surface area contributed by atoms with Crippen molar-refractivity contribution in [3.8, 4) is 0 Å². The minimum atomic E-state index is 0.0943. The van der Waals surface area contributed by atoms with E-state index in [1.54, 1.807) is 23.7 Å². The van der Waals surface area contributed by atoms with Crippen LogP contribution in [0.15, 0.2) is 36.0 Å². The zero-order chi connectivity index (χ0) is 13.2. The molecule has 98 valence electrons. The first-order valence-electron chi connectivity index (χ1n) is 6.58. The normalized spacial score (nSPS) is 18.2. The van der Waals surface area contributed by atoms with E-state index in [1.165, 1.54) is 10.4 Å². The molecular formula is C15H16N2OS. The van der Waals surface area contributed by atoms with Crippen LogP contribution in [0.5, 0.6) is 0 Å². The van der Waals surface area contributed by atoms with Crippen molar-refractivity contribution >= 4 is 17.2 Å². The van der Waals surface area contributed by atoms with Crippen LogP contribution < -0.4 is 0 Å². The first kappa shape index (κ1) is 12.4. The topological polar surface area (TPSA) is 33.2 Å². The SMILES string of the molecule is CCC1c2ccsc2CCN1C(=O)c1cccnc1. The van der Waals surface area contributed by atoms with Gasteiger partial charge in [-0.15, -0.1) is 11.3 Å². The number of hydrogen-bond donors (Lipinski definition) is 0.